The molecule has 280 valence electrons. The summed E-state index contributed by atoms with van der Waals surface area (Å²) in [5.41, 5.74) is 0. The van der Waals surface area contributed by atoms with Crippen molar-refractivity contribution in [3.63, 3.8) is 0 Å². The van der Waals surface area contributed by atoms with Gasteiger partial charge in [0.1, 0.15) is 19.3 Å². The van der Waals surface area contributed by atoms with Crippen LogP contribution in [0.15, 0.2) is 24.3 Å². The fraction of sp³-hybridized carbons (Fsp3) is 0.846. The Labute approximate surface area is 291 Å². The molecule has 1 saturated heterocycles. The van der Waals surface area contributed by atoms with Crippen molar-refractivity contribution in [2.45, 2.75) is 186 Å². The Hall–Kier alpha value is -1.78. The molecule has 1 rings (SSSR count). The van der Waals surface area contributed by atoms with Crippen molar-refractivity contribution in [1.82, 2.24) is 0 Å². The molecular weight excluding hydrogens is 612 g/mol. The van der Waals surface area contributed by atoms with Gasteiger partial charge in [0.15, 0.2) is 6.29 Å². The highest BCUT2D eigenvalue weighted by Crippen LogP contribution is 2.29. The SMILES string of the molecule is CCCCC[C@H](O)/C=C/[C@H]1OC(O)C[C@H](O)[C@@H]1C/C=C\CCCC(=O)OC[C@@H](O)COC(=O)CCCCCCCCCCCCC(C)C. The van der Waals surface area contributed by atoms with Gasteiger partial charge >= 0.3 is 11.9 Å². The van der Waals surface area contributed by atoms with E-state index >= 15 is 0 Å². The van der Waals surface area contributed by atoms with E-state index in [0.29, 0.717) is 32.1 Å². The Morgan fingerprint density at radius 1 is 0.771 bits per heavy atom. The number of aliphatic hydroxyl groups excluding tert-OH is 4. The first-order chi connectivity index (χ1) is 23.1. The molecule has 0 aromatic heterocycles. The van der Waals surface area contributed by atoms with Crippen molar-refractivity contribution in [3.05, 3.63) is 24.3 Å². The average molecular weight is 683 g/mol. The Morgan fingerprint density at radius 2 is 1.33 bits per heavy atom. The minimum Gasteiger partial charge on any atom is -0.463 e. The van der Waals surface area contributed by atoms with Crippen LogP contribution in [0.1, 0.15) is 156 Å². The van der Waals surface area contributed by atoms with Crippen LogP contribution in [-0.4, -0.2) is 76.3 Å². The molecule has 1 aliphatic heterocycles. The number of ether oxygens (including phenoxy) is 3. The zero-order valence-electron chi connectivity index (χ0n) is 30.4. The van der Waals surface area contributed by atoms with E-state index in [4.69, 9.17) is 14.2 Å². The molecule has 0 amide bonds. The number of hydrogen-bond donors (Lipinski definition) is 4. The van der Waals surface area contributed by atoms with Crippen LogP contribution in [0.5, 0.6) is 0 Å². The summed E-state index contributed by atoms with van der Waals surface area (Å²) >= 11 is 0. The van der Waals surface area contributed by atoms with Gasteiger partial charge in [-0.1, -0.05) is 129 Å². The maximum atomic E-state index is 12.1. The van der Waals surface area contributed by atoms with Gasteiger partial charge in [-0.3, -0.25) is 9.59 Å². The fourth-order valence-corrected chi connectivity index (χ4v) is 5.90. The highest BCUT2D eigenvalue weighted by atomic mass is 16.6. The maximum absolute atomic E-state index is 12.1. The second-order valence-corrected chi connectivity index (χ2v) is 14.1. The molecule has 9 heteroatoms. The van der Waals surface area contributed by atoms with Crippen LogP contribution in [-0.2, 0) is 23.8 Å². The Kier molecular flexibility index (Phi) is 26.7. The van der Waals surface area contributed by atoms with Gasteiger partial charge in [0, 0.05) is 25.2 Å². The lowest BCUT2D eigenvalue weighted by Gasteiger charge is -2.36. The normalized spacial score (nSPS) is 21.2. The van der Waals surface area contributed by atoms with Crippen LogP contribution in [0.3, 0.4) is 0 Å². The van der Waals surface area contributed by atoms with E-state index < -0.39 is 36.7 Å². The van der Waals surface area contributed by atoms with Crippen LogP contribution in [0.2, 0.25) is 0 Å². The predicted octanol–water partition coefficient (Wildman–Crippen LogP) is 7.47. The summed E-state index contributed by atoms with van der Waals surface area (Å²) < 4.78 is 15.9. The summed E-state index contributed by atoms with van der Waals surface area (Å²) in [7, 11) is 0. The lowest BCUT2D eigenvalue weighted by atomic mass is 9.87. The van der Waals surface area contributed by atoms with Gasteiger partial charge in [-0.25, -0.2) is 0 Å². The van der Waals surface area contributed by atoms with Gasteiger partial charge in [-0.2, -0.15) is 0 Å². The zero-order chi connectivity index (χ0) is 35.4. The molecule has 0 aromatic rings. The molecule has 1 unspecified atom stereocenters. The number of esters is 2. The van der Waals surface area contributed by atoms with Crippen molar-refractivity contribution < 1.29 is 44.2 Å². The number of carbonyl (C=O) groups is 2. The van der Waals surface area contributed by atoms with Crippen molar-refractivity contribution >= 4 is 11.9 Å². The summed E-state index contributed by atoms with van der Waals surface area (Å²) in [6, 6.07) is 0. The van der Waals surface area contributed by atoms with E-state index in [2.05, 4.69) is 20.8 Å². The molecule has 0 radical (unpaired) electrons. The lowest BCUT2D eigenvalue weighted by molar-refractivity contribution is -0.199. The Balaban J connectivity index is 2.11. The first-order valence-corrected chi connectivity index (χ1v) is 19.1. The van der Waals surface area contributed by atoms with Crippen molar-refractivity contribution in [1.29, 1.82) is 0 Å². The number of aliphatic hydroxyl groups is 4. The van der Waals surface area contributed by atoms with E-state index in [-0.39, 0.29) is 37.9 Å². The van der Waals surface area contributed by atoms with Crippen LogP contribution in [0.4, 0.5) is 0 Å². The molecular formula is C39H70O9. The van der Waals surface area contributed by atoms with Crippen LogP contribution < -0.4 is 0 Å². The minimum atomic E-state index is -1.05. The van der Waals surface area contributed by atoms with Crippen molar-refractivity contribution in [2.75, 3.05) is 13.2 Å². The number of carbonyl (C=O) groups excluding carboxylic acids is 2. The monoisotopic (exact) mass is 683 g/mol. The molecule has 1 fully saturated rings. The first kappa shape index (κ1) is 44.2. The van der Waals surface area contributed by atoms with Gasteiger partial charge in [0.05, 0.1) is 18.3 Å². The molecule has 1 heterocycles. The second kappa shape index (κ2) is 29.0. The van der Waals surface area contributed by atoms with Gasteiger partial charge in [-0.05, 0) is 38.0 Å². The summed E-state index contributed by atoms with van der Waals surface area (Å²) in [4.78, 5) is 24.1. The number of unbranched alkanes of at least 4 members (excludes halogenated alkanes) is 12. The Bertz CT molecular complexity index is 858. The largest absolute Gasteiger partial charge is 0.463 e. The van der Waals surface area contributed by atoms with Gasteiger partial charge in [0.25, 0.3) is 0 Å². The van der Waals surface area contributed by atoms with Crippen LogP contribution in [0.25, 0.3) is 0 Å². The maximum Gasteiger partial charge on any atom is 0.305 e. The molecule has 0 aromatic carbocycles. The second-order valence-electron chi connectivity index (χ2n) is 14.1. The number of rotatable bonds is 29. The molecule has 48 heavy (non-hydrogen) atoms. The highest BCUT2D eigenvalue weighted by molar-refractivity contribution is 5.69. The van der Waals surface area contributed by atoms with Gasteiger partial charge in [0.2, 0.25) is 0 Å². The predicted molar refractivity (Wildman–Crippen MR) is 190 cm³/mol. The minimum absolute atomic E-state index is 0.137. The molecule has 0 saturated carbocycles. The molecule has 1 aliphatic rings. The number of allylic oxidation sites excluding steroid dienone is 2. The van der Waals surface area contributed by atoms with Gasteiger partial charge < -0.3 is 34.6 Å². The van der Waals surface area contributed by atoms with Crippen LogP contribution in [0, 0.1) is 11.8 Å². The first-order valence-electron chi connectivity index (χ1n) is 19.1. The van der Waals surface area contributed by atoms with Crippen LogP contribution >= 0.6 is 0 Å². The van der Waals surface area contributed by atoms with E-state index in [1.165, 1.54) is 51.4 Å². The number of hydrogen-bond acceptors (Lipinski definition) is 9. The fourth-order valence-electron chi connectivity index (χ4n) is 5.90. The van der Waals surface area contributed by atoms with E-state index in [9.17, 15) is 30.0 Å². The Morgan fingerprint density at radius 3 is 1.94 bits per heavy atom. The molecule has 0 bridgehead atoms. The smallest absolute Gasteiger partial charge is 0.305 e. The summed E-state index contributed by atoms with van der Waals surface area (Å²) in [6.07, 6.45) is 22.9. The summed E-state index contributed by atoms with van der Waals surface area (Å²) in [6.45, 7) is 6.27. The van der Waals surface area contributed by atoms with E-state index in [1.54, 1.807) is 12.2 Å². The summed E-state index contributed by atoms with van der Waals surface area (Å²) in [5, 5.41) is 40.7. The average Bonchev–Trinajstić information content (AvgIpc) is 3.04. The molecule has 0 spiro atoms. The highest BCUT2D eigenvalue weighted by Gasteiger charge is 2.35. The summed E-state index contributed by atoms with van der Waals surface area (Å²) in [5.74, 6) is -0.200. The lowest BCUT2D eigenvalue weighted by Crippen LogP contribution is -2.43. The zero-order valence-corrected chi connectivity index (χ0v) is 30.4. The molecule has 6 atom stereocenters. The van der Waals surface area contributed by atoms with Crippen molar-refractivity contribution in [3.8, 4) is 0 Å². The van der Waals surface area contributed by atoms with Crippen molar-refractivity contribution in [2.24, 2.45) is 11.8 Å². The molecule has 4 N–H and O–H groups in total. The van der Waals surface area contributed by atoms with Gasteiger partial charge in [-0.15, -0.1) is 0 Å². The van der Waals surface area contributed by atoms with E-state index in [0.717, 1.165) is 44.4 Å². The third kappa shape index (κ3) is 24.4. The standard InChI is InChI=1S/C39H70O9/c1-4-5-16-22-32(40)26-27-36-34(35(42)28-39(45)48-36)23-18-14-15-20-25-38(44)47-30-33(41)29-46-37(43)24-19-13-11-9-7-6-8-10-12-17-21-31(2)3/h14,18,26-27,31-36,39-42,45H,4-13,15-17,19-25,28-30H2,1-3H3/b18-14-,27-26+/t32-,33-,34-,35-,36+,39?/m0/s1. The molecule has 9 nitrogen and oxygen atoms in total. The third-order valence-electron chi connectivity index (χ3n) is 8.91. The quantitative estimate of drug-likeness (QED) is 0.0359. The topological polar surface area (TPSA) is 143 Å². The third-order valence-corrected chi connectivity index (χ3v) is 8.91. The molecule has 0 aliphatic carbocycles. The van der Waals surface area contributed by atoms with E-state index in [1.807, 2.05) is 12.2 Å².